The molecule has 0 saturated carbocycles. The summed E-state index contributed by atoms with van der Waals surface area (Å²) in [4.78, 5) is 35.2. The lowest BCUT2D eigenvalue weighted by atomic mass is 9.82. The van der Waals surface area contributed by atoms with Crippen LogP contribution in [-0.4, -0.2) is 42.0 Å². The molecule has 2 aliphatic heterocycles. The molecular weight excluding hydrogens is 1440 g/mol. The Labute approximate surface area is 683 Å². The van der Waals surface area contributed by atoms with Gasteiger partial charge in [-0.05, 0) is 134 Å². The monoisotopic (exact) mass is 1510 g/mol. The Bertz CT molecular complexity index is 7070. The number of anilines is 4. The number of hydrogen-bond donors (Lipinski definition) is 0. The van der Waals surface area contributed by atoms with Crippen molar-refractivity contribution in [1.82, 2.24) is 29.9 Å². The molecule has 0 spiro atoms. The lowest BCUT2D eigenvalue weighted by molar-refractivity contribution is 0.584. The highest BCUT2D eigenvalue weighted by molar-refractivity contribution is 5.95. The first kappa shape index (κ1) is 69.2. The fraction of sp³-hybridized carbons (Fsp3) is 0.0370. The molecule has 19 aromatic rings. The van der Waals surface area contributed by atoms with Gasteiger partial charge in [0.25, 0.3) is 0 Å². The van der Waals surface area contributed by atoms with E-state index in [2.05, 4.69) is 350 Å². The van der Waals surface area contributed by atoms with Crippen molar-refractivity contribution in [1.29, 1.82) is 0 Å². The number of nitrogens with zero attached hydrogens (tertiary/aromatic N) is 8. The molecule has 0 N–H and O–H groups in total. The minimum atomic E-state index is 0.0730. The molecular formula is C108H72N8O2. The molecule has 15 aromatic carbocycles. The topological polar surface area (TPSA) is 110 Å². The van der Waals surface area contributed by atoms with Gasteiger partial charge in [-0.1, -0.05) is 346 Å². The highest BCUT2D eigenvalue weighted by Crippen LogP contribution is 2.56. The number of aromatic nitrogens is 6. The van der Waals surface area contributed by atoms with Crippen LogP contribution in [0.1, 0.15) is 45.6 Å². The largest absolute Gasteiger partial charge is 0.456 e. The zero-order valence-corrected chi connectivity index (χ0v) is 64.0. The summed E-state index contributed by atoms with van der Waals surface area (Å²) in [5, 5.41) is 2.20. The Morgan fingerprint density at radius 3 is 0.864 bits per heavy atom. The molecule has 0 radical (unpaired) electrons. The average molecular weight is 1510 g/mol. The molecule has 10 heteroatoms. The normalized spacial score (nSPS) is 15.2. The van der Waals surface area contributed by atoms with Gasteiger partial charge >= 0.3 is 0 Å². The smallest absolute Gasteiger partial charge is 0.164 e. The highest BCUT2D eigenvalue weighted by Gasteiger charge is 2.45. The van der Waals surface area contributed by atoms with Crippen molar-refractivity contribution >= 4 is 56.8 Å². The summed E-state index contributed by atoms with van der Waals surface area (Å²) in [6, 6.07) is 136. The molecule has 4 atom stereocenters. The van der Waals surface area contributed by atoms with Crippen LogP contribution in [0.5, 0.6) is 0 Å². The summed E-state index contributed by atoms with van der Waals surface area (Å²) in [6.07, 6.45) is 8.93. The van der Waals surface area contributed by atoms with Crippen LogP contribution < -0.4 is 9.80 Å². The van der Waals surface area contributed by atoms with Crippen molar-refractivity contribution in [2.24, 2.45) is 0 Å². The van der Waals surface area contributed by atoms with E-state index < -0.39 is 0 Å². The summed E-state index contributed by atoms with van der Waals surface area (Å²) in [7, 11) is 0. The van der Waals surface area contributed by atoms with Crippen LogP contribution >= 0.6 is 0 Å². The van der Waals surface area contributed by atoms with Gasteiger partial charge in [-0.2, -0.15) is 0 Å². The van der Waals surface area contributed by atoms with Gasteiger partial charge in [0.15, 0.2) is 34.9 Å². The summed E-state index contributed by atoms with van der Waals surface area (Å²) in [6.45, 7) is 0. The van der Waals surface area contributed by atoms with Crippen molar-refractivity contribution in [3.8, 4) is 124 Å². The van der Waals surface area contributed by atoms with Crippen molar-refractivity contribution in [3.63, 3.8) is 0 Å². The van der Waals surface area contributed by atoms with E-state index in [9.17, 15) is 0 Å². The Morgan fingerprint density at radius 2 is 0.475 bits per heavy atom. The summed E-state index contributed by atoms with van der Waals surface area (Å²) in [5.74, 6) is 5.65. The van der Waals surface area contributed by atoms with E-state index in [0.717, 1.165) is 89.2 Å². The van der Waals surface area contributed by atoms with Crippen LogP contribution in [0, 0.1) is 0 Å². The quantitative estimate of drug-likeness (QED) is 0.111. The number of rotatable bonds is 13. The van der Waals surface area contributed by atoms with E-state index in [0.29, 0.717) is 34.9 Å². The zero-order chi connectivity index (χ0) is 78.0. The molecule has 23 rings (SSSR count). The molecule has 0 bridgehead atoms. The first-order valence-electron chi connectivity index (χ1n) is 40.1. The second-order valence-electron chi connectivity index (χ2n) is 30.3. The summed E-state index contributed by atoms with van der Waals surface area (Å²) >= 11 is 0. The second kappa shape index (κ2) is 29.5. The second-order valence-corrected chi connectivity index (χ2v) is 30.3. The molecule has 2 aliphatic carbocycles. The van der Waals surface area contributed by atoms with Crippen molar-refractivity contribution in [2.75, 3.05) is 9.80 Å². The first-order chi connectivity index (χ1) is 58.5. The van der Waals surface area contributed by atoms with Gasteiger partial charge in [-0.3, -0.25) is 0 Å². The third kappa shape index (κ3) is 12.6. The van der Waals surface area contributed by atoms with Gasteiger partial charge in [-0.25, -0.2) is 29.9 Å². The molecule has 118 heavy (non-hydrogen) atoms. The molecule has 4 aliphatic rings. The van der Waals surface area contributed by atoms with Gasteiger partial charge < -0.3 is 18.6 Å². The molecule has 10 nitrogen and oxygen atoms in total. The van der Waals surface area contributed by atoms with Crippen molar-refractivity contribution in [3.05, 3.63) is 434 Å². The highest BCUT2D eigenvalue weighted by atomic mass is 16.3. The minimum Gasteiger partial charge on any atom is -0.456 e. The van der Waals surface area contributed by atoms with E-state index in [1.165, 1.54) is 78.3 Å². The van der Waals surface area contributed by atoms with E-state index in [4.69, 9.17) is 38.7 Å². The molecule has 4 aromatic heterocycles. The van der Waals surface area contributed by atoms with E-state index in [-0.39, 0.29) is 23.9 Å². The number of fused-ring (bicyclic) bond motifs is 14. The number of furan rings is 2. The Morgan fingerprint density at radius 1 is 0.212 bits per heavy atom. The van der Waals surface area contributed by atoms with Gasteiger partial charge in [0.05, 0.1) is 12.1 Å². The Kier molecular flexibility index (Phi) is 17.3. The summed E-state index contributed by atoms with van der Waals surface area (Å²) in [5.41, 5.74) is 28.6. The van der Waals surface area contributed by atoms with Crippen molar-refractivity contribution in [2.45, 2.75) is 23.9 Å². The van der Waals surface area contributed by atoms with E-state index in [1.54, 1.807) is 0 Å². The Hall–Kier alpha value is -15.5. The van der Waals surface area contributed by atoms with Gasteiger partial charge in [0.1, 0.15) is 22.7 Å². The molecule has 0 saturated heterocycles. The molecule has 6 heterocycles. The fourth-order valence-corrected chi connectivity index (χ4v) is 17.8. The number of benzene rings is 15. The zero-order valence-electron chi connectivity index (χ0n) is 64.0. The molecule has 4 unspecified atom stereocenters. The van der Waals surface area contributed by atoms with Crippen LogP contribution in [0.3, 0.4) is 0 Å². The van der Waals surface area contributed by atoms with Crippen LogP contribution in [0.4, 0.5) is 22.7 Å². The van der Waals surface area contributed by atoms with Crippen LogP contribution in [0.15, 0.2) is 409 Å². The van der Waals surface area contributed by atoms with Crippen LogP contribution in [0.25, 0.3) is 158 Å². The number of para-hydroxylation sites is 2. The lowest BCUT2D eigenvalue weighted by Gasteiger charge is -2.30. The van der Waals surface area contributed by atoms with Crippen LogP contribution in [-0.2, 0) is 0 Å². The maximum Gasteiger partial charge on any atom is 0.164 e. The molecule has 0 amide bonds. The SMILES string of the molecule is C1=CC2C(c3ccccc3N2c2cccc(-c3ccc(-c4ccccc4)cc3)c2)c2c1oc1cc(-c3nc(-c4ccccc4)nc(-c4ccc(-c5ccccc5)cc4)n3)ccc21.C1=CC2C(c3ccccc3N2c2cccc(-c3ccccc3)c2)c2c1oc1cc(-c3nc(-c4ccccc4)nc(-c4cccc(-c5ccccc5)c4)n3)ccc21. The fourth-order valence-electron chi connectivity index (χ4n) is 17.8. The maximum absolute atomic E-state index is 6.74. The van der Waals surface area contributed by atoms with E-state index in [1.807, 2.05) is 72.8 Å². The van der Waals surface area contributed by atoms with Gasteiger partial charge in [0, 0.05) is 89.9 Å². The average Bonchev–Trinajstić information content (AvgIpc) is 1.56. The Balaban J connectivity index is 0.000000143. The minimum absolute atomic E-state index is 0.0730. The van der Waals surface area contributed by atoms with E-state index >= 15 is 0 Å². The predicted molar refractivity (Wildman–Crippen MR) is 478 cm³/mol. The van der Waals surface area contributed by atoms with Crippen LogP contribution in [0.2, 0.25) is 0 Å². The number of hydrogen-bond acceptors (Lipinski definition) is 10. The predicted octanol–water partition coefficient (Wildman–Crippen LogP) is 26.9. The summed E-state index contributed by atoms with van der Waals surface area (Å²) < 4.78 is 13.5. The standard InChI is InChI=1S/C57H38N4O.C51H34N4O/c1-4-13-37(14-5-1)39-23-25-41(26-24-39)44-19-12-20-46(35-44)61-49-22-11-10-21-47(49)53-50(61)33-34-51-54(53)48-32-31-45(36-52(48)62-51)57-59-55(42-17-8-3-9-18-42)58-56(60-57)43-29-27-40(28-30-43)38-15-6-2-7-16-38;1-4-14-33(15-5-1)36-20-12-22-38(30-36)50-52-49(35-18-8-3-9-19-35)53-51(54-50)39-26-27-42-46(32-39)56-45-29-28-44-47(48(42)45)41-24-10-11-25-43(41)55(44)40-23-13-21-37(31-40)34-16-6-2-7-17-34/h1-36,50,53H;1-32,44,47H. The van der Waals surface area contributed by atoms with Crippen molar-refractivity contribution < 1.29 is 8.83 Å². The lowest BCUT2D eigenvalue weighted by Crippen LogP contribution is -2.30. The molecule has 0 fully saturated rings. The van der Waals surface area contributed by atoms with Gasteiger partial charge in [-0.15, -0.1) is 0 Å². The third-order valence-electron chi connectivity index (χ3n) is 23.4. The third-order valence-corrected chi connectivity index (χ3v) is 23.4. The first-order valence-corrected chi connectivity index (χ1v) is 40.1. The molecule has 556 valence electrons. The maximum atomic E-state index is 6.74. The van der Waals surface area contributed by atoms with Gasteiger partial charge in [0.2, 0.25) is 0 Å².